The Kier molecular flexibility index (Phi) is 7.30. The van der Waals surface area contributed by atoms with E-state index in [2.05, 4.69) is 237 Å². The van der Waals surface area contributed by atoms with E-state index in [1.165, 1.54) is 32.3 Å². The summed E-state index contributed by atoms with van der Waals surface area (Å²) in [6.07, 6.45) is 0. The van der Waals surface area contributed by atoms with Crippen LogP contribution in [0, 0.1) is 0 Å². The molecule has 0 aliphatic heterocycles. The highest BCUT2D eigenvalue weighted by molar-refractivity contribution is 6.13. The highest BCUT2D eigenvalue weighted by Gasteiger charge is 2.25. The van der Waals surface area contributed by atoms with Crippen LogP contribution in [0.25, 0.3) is 122 Å². The summed E-state index contributed by atoms with van der Waals surface area (Å²) in [5.41, 5.74) is 12.6. The van der Waals surface area contributed by atoms with Gasteiger partial charge in [-0.1, -0.05) is 152 Å². The smallest absolute Gasteiger partial charge is 0.237 e. The Bertz CT molecular complexity index is 3740. The third kappa shape index (κ3) is 4.85. The monoisotopic (exact) mass is 816 g/mol. The minimum absolute atomic E-state index is 0.594. The summed E-state index contributed by atoms with van der Waals surface area (Å²) >= 11 is 0. The van der Waals surface area contributed by atoms with E-state index in [0.717, 1.165) is 83.4 Å². The largest absolute Gasteiger partial charge is 0.308 e. The fourth-order valence-electron chi connectivity index (χ4n) is 10.6. The van der Waals surface area contributed by atoms with Crippen LogP contribution in [0.1, 0.15) is 0 Å². The zero-order valence-electron chi connectivity index (χ0n) is 34.5. The van der Waals surface area contributed by atoms with Gasteiger partial charge < -0.3 is 9.13 Å². The van der Waals surface area contributed by atoms with E-state index in [1.807, 2.05) is 0 Å². The number of hydrogen-bond donors (Lipinski definition) is 0. The highest BCUT2D eigenvalue weighted by Crippen LogP contribution is 2.43. The number of fused-ring (bicyclic) bond motifs is 12. The van der Waals surface area contributed by atoms with E-state index in [4.69, 9.17) is 9.97 Å². The average molecular weight is 817 g/mol. The molecule has 0 saturated carbocycles. The Balaban J connectivity index is 1.19. The second kappa shape index (κ2) is 13.4. The molecular formula is C58H36N6. The molecule has 9 aromatic carbocycles. The maximum absolute atomic E-state index is 5.79. The quantitative estimate of drug-likeness (QED) is 0.174. The number of hydrogen-bond acceptors (Lipinski definition) is 2. The molecule has 6 heteroatoms. The van der Waals surface area contributed by atoms with Gasteiger partial charge >= 0.3 is 0 Å². The topological polar surface area (TPSA) is 45.5 Å². The standard InChI is InChI=1S/C58H36N6/c1-9-26-46-37(18-1)38-19-2-10-27-47(38)61(46)54-34-17-35-55(62-48-28-11-3-20-39(48)40-21-4-12-29-49(40)62)57(54)45-36-56(63-50-30-13-5-22-41(50)42-23-6-14-31-51(42)63)60-58(59-45)64-52-32-15-7-24-43(52)44-25-8-16-33-53(44)64/h1-36H. The fourth-order valence-corrected chi connectivity index (χ4v) is 10.6. The maximum Gasteiger partial charge on any atom is 0.237 e. The molecule has 298 valence electrons. The van der Waals surface area contributed by atoms with Crippen LogP contribution in [-0.2, 0) is 0 Å². The molecule has 0 radical (unpaired) electrons. The highest BCUT2D eigenvalue weighted by atomic mass is 15.2. The summed E-state index contributed by atoms with van der Waals surface area (Å²) in [7, 11) is 0. The minimum atomic E-state index is 0.594. The van der Waals surface area contributed by atoms with Crippen LogP contribution in [-0.4, -0.2) is 28.2 Å². The van der Waals surface area contributed by atoms with Gasteiger partial charge in [0.15, 0.2) is 0 Å². The molecule has 5 heterocycles. The first-order valence-corrected chi connectivity index (χ1v) is 21.8. The van der Waals surface area contributed by atoms with Crippen LogP contribution in [0.15, 0.2) is 218 Å². The Morgan fingerprint density at radius 3 is 0.859 bits per heavy atom. The molecule has 5 aromatic heterocycles. The fraction of sp³-hybridized carbons (Fsp3) is 0. The molecule has 6 nitrogen and oxygen atoms in total. The summed E-state index contributed by atoms with van der Waals surface area (Å²) in [5, 5.41) is 9.46. The third-order valence-electron chi connectivity index (χ3n) is 13.2. The van der Waals surface area contributed by atoms with Gasteiger partial charge in [0, 0.05) is 54.7 Å². The first kappa shape index (κ1) is 34.9. The average Bonchev–Trinajstić information content (AvgIpc) is 4.09. The molecule has 0 aliphatic carbocycles. The van der Waals surface area contributed by atoms with Gasteiger partial charge in [-0.25, -0.2) is 4.98 Å². The van der Waals surface area contributed by atoms with Crippen LogP contribution < -0.4 is 0 Å². The summed E-state index contributed by atoms with van der Waals surface area (Å²) in [6, 6.07) is 78.4. The molecule has 0 bridgehead atoms. The molecule has 64 heavy (non-hydrogen) atoms. The number of benzene rings is 9. The lowest BCUT2D eigenvalue weighted by molar-refractivity contribution is 0.950. The Morgan fingerprint density at radius 2 is 0.531 bits per heavy atom. The van der Waals surface area contributed by atoms with Gasteiger partial charge in [0.1, 0.15) is 5.82 Å². The zero-order valence-corrected chi connectivity index (χ0v) is 34.5. The first-order valence-electron chi connectivity index (χ1n) is 21.8. The molecule has 14 rings (SSSR count). The van der Waals surface area contributed by atoms with E-state index in [1.54, 1.807) is 0 Å². The zero-order chi connectivity index (χ0) is 41.9. The number of rotatable bonds is 5. The summed E-state index contributed by atoms with van der Waals surface area (Å²) in [5.74, 6) is 1.38. The van der Waals surface area contributed by atoms with Crippen molar-refractivity contribution in [3.8, 4) is 34.4 Å². The van der Waals surface area contributed by atoms with Crippen molar-refractivity contribution in [3.63, 3.8) is 0 Å². The van der Waals surface area contributed by atoms with Crippen molar-refractivity contribution >= 4 is 87.2 Å². The Morgan fingerprint density at radius 1 is 0.250 bits per heavy atom. The second-order valence-corrected chi connectivity index (χ2v) is 16.6. The number of nitrogens with zero attached hydrogens (tertiary/aromatic N) is 6. The predicted molar refractivity (Wildman–Crippen MR) is 265 cm³/mol. The van der Waals surface area contributed by atoms with Gasteiger partial charge in [0.2, 0.25) is 5.95 Å². The molecule has 0 fully saturated rings. The van der Waals surface area contributed by atoms with Gasteiger partial charge in [-0.05, 0) is 60.7 Å². The number of aromatic nitrogens is 6. The maximum atomic E-state index is 5.79. The molecule has 0 saturated heterocycles. The predicted octanol–water partition coefficient (Wildman–Crippen LogP) is 14.5. The Labute approximate surface area is 366 Å². The Hall–Kier alpha value is -8.74. The van der Waals surface area contributed by atoms with Crippen LogP contribution >= 0.6 is 0 Å². The molecule has 0 amide bonds. The third-order valence-corrected chi connectivity index (χ3v) is 13.2. The van der Waals surface area contributed by atoms with Gasteiger partial charge in [-0.15, -0.1) is 0 Å². The van der Waals surface area contributed by atoms with Gasteiger partial charge in [0.05, 0.1) is 61.2 Å². The van der Waals surface area contributed by atoms with Gasteiger partial charge in [-0.3, -0.25) is 9.13 Å². The SMILES string of the molecule is c1cc(-n2c3ccccc3c3ccccc32)c(-c2cc(-n3c4ccccc4c4ccccc43)nc(-n3c4ccccc4c4ccccc43)n2)c(-n2c3ccccc3c3ccccc32)c1. The van der Waals surface area contributed by atoms with E-state index in [0.29, 0.717) is 5.95 Å². The van der Waals surface area contributed by atoms with Crippen LogP contribution in [0.3, 0.4) is 0 Å². The van der Waals surface area contributed by atoms with Crippen LogP contribution in [0.4, 0.5) is 0 Å². The molecule has 0 unspecified atom stereocenters. The molecule has 0 aliphatic rings. The van der Waals surface area contributed by atoms with Crippen molar-refractivity contribution < 1.29 is 0 Å². The summed E-state index contributed by atoms with van der Waals surface area (Å²) in [6.45, 7) is 0. The van der Waals surface area contributed by atoms with E-state index >= 15 is 0 Å². The van der Waals surface area contributed by atoms with E-state index < -0.39 is 0 Å². The minimum Gasteiger partial charge on any atom is -0.308 e. The molecule has 14 aromatic rings. The normalized spacial score (nSPS) is 12.1. The lowest BCUT2D eigenvalue weighted by Crippen LogP contribution is -2.10. The summed E-state index contributed by atoms with van der Waals surface area (Å²) in [4.78, 5) is 11.4. The first-order chi connectivity index (χ1) is 31.8. The van der Waals surface area contributed by atoms with Crippen molar-refractivity contribution in [3.05, 3.63) is 218 Å². The molecule has 0 spiro atoms. The van der Waals surface area contributed by atoms with E-state index in [9.17, 15) is 0 Å². The number of para-hydroxylation sites is 8. The van der Waals surface area contributed by atoms with Crippen molar-refractivity contribution in [2.24, 2.45) is 0 Å². The van der Waals surface area contributed by atoms with Crippen molar-refractivity contribution in [2.45, 2.75) is 0 Å². The molecule has 0 N–H and O–H groups in total. The van der Waals surface area contributed by atoms with Gasteiger partial charge in [0.25, 0.3) is 0 Å². The molecule has 0 atom stereocenters. The van der Waals surface area contributed by atoms with Crippen LogP contribution in [0.5, 0.6) is 0 Å². The van der Waals surface area contributed by atoms with Crippen LogP contribution in [0.2, 0.25) is 0 Å². The van der Waals surface area contributed by atoms with Gasteiger partial charge in [-0.2, -0.15) is 4.98 Å². The van der Waals surface area contributed by atoms with E-state index in [-0.39, 0.29) is 0 Å². The summed E-state index contributed by atoms with van der Waals surface area (Å²) < 4.78 is 9.42. The lowest BCUT2D eigenvalue weighted by Gasteiger charge is -2.21. The van der Waals surface area contributed by atoms with Crippen molar-refractivity contribution in [2.75, 3.05) is 0 Å². The second-order valence-electron chi connectivity index (χ2n) is 16.6. The van der Waals surface area contributed by atoms with Crippen molar-refractivity contribution in [1.29, 1.82) is 0 Å². The molecular weight excluding hydrogens is 781 g/mol. The lowest BCUT2D eigenvalue weighted by atomic mass is 10.0. The van der Waals surface area contributed by atoms with Crippen molar-refractivity contribution in [1.82, 2.24) is 28.2 Å².